The minimum atomic E-state index is -0.594. The van der Waals surface area contributed by atoms with Gasteiger partial charge < -0.3 is 20.5 Å². The average molecular weight is 294 g/mol. The Hall–Kier alpha value is -2.24. The SMILES string of the molecule is CCC(CC)NC(=O)COc1cccc(N)c1C(=O)OC. The lowest BCUT2D eigenvalue weighted by atomic mass is 10.1. The Morgan fingerprint density at radius 3 is 2.52 bits per heavy atom. The van der Waals surface area contributed by atoms with Crippen LogP contribution in [0.5, 0.6) is 5.75 Å². The van der Waals surface area contributed by atoms with E-state index in [2.05, 4.69) is 10.1 Å². The number of hydrogen-bond acceptors (Lipinski definition) is 5. The number of carbonyl (C=O) groups is 2. The zero-order chi connectivity index (χ0) is 15.8. The highest BCUT2D eigenvalue weighted by atomic mass is 16.5. The number of hydrogen-bond donors (Lipinski definition) is 2. The van der Waals surface area contributed by atoms with E-state index in [1.165, 1.54) is 7.11 Å². The number of anilines is 1. The Morgan fingerprint density at radius 1 is 1.29 bits per heavy atom. The Balaban J connectivity index is 2.73. The highest BCUT2D eigenvalue weighted by Crippen LogP contribution is 2.25. The van der Waals surface area contributed by atoms with Gasteiger partial charge in [-0.2, -0.15) is 0 Å². The monoisotopic (exact) mass is 294 g/mol. The lowest BCUT2D eigenvalue weighted by Gasteiger charge is -2.16. The molecule has 0 saturated heterocycles. The number of methoxy groups -OCH3 is 1. The summed E-state index contributed by atoms with van der Waals surface area (Å²) in [6.45, 7) is 3.83. The summed E-state index contributed by atoms with van der Waals surface area (Å²) in [5.74, 6) is -0.591. The van der Waals surface area contributed by atoms with Gasteiger partial charge in [0.1, 0.15) is 11.3 Å². The second-order valence-corrected chi connectivity index (χ2v) is 4.58. The van der Waals surface area contributed by atoms with Crippen LogP contribution in [0.1, 0.15) is 37.0 Å². The standard InChI is InChI=1S/C15H22N2O4/c1-4-10(5-2)17-13(18)9-21-12-8-6-7-11(16)14(12)15(19)20-3/h6-8,10H,4-5,9,16H2,1-3H3,(H,17,18). The van der Waals surface area contributed by atoms with Crippen LogP contribution in [-0.4, -0.2) is 31.6 Å². The highest BCUT2D eigenvalue weighted by molar-refractivity contribution is 5.98. The first kappa shape index (κ1) is 16.8. The molecule has 3 N–H and O–H groups in total. The van der Waals surface area contributed by atoms with Gasteiger partial charge in [-0.25, -0.2) is 4.79 Å². The fraction of sp³-hybridized carbons (Fsp3) is 0.467. The minimum absolute atomic E-state index is 0.127. The fourth-order valence-electron chi connectivity index (χ4n) is 1.89. The summed E-state index contributed by atoms with van der Waals surface area (Å²) in [6.07, 6.45) is 1.71. The zero-order valence-corrected chi connectivity index (χ0v) is 12.6. The molecule has 1 amide bonds. The summed E-state index contributed by atoms with van der Waals surface area (Å²) in [4.78, 5) is 23.5. The van der Waals surface area contributed by atoms with Crippen molar-refractivity contribution in [1.82, 2.24) is 5.32 Å². The van der Waals surface area contributed by atoms with Crippen molar-refractivity contribution in [2.45, 2.75) is 32.7 Å². The van der Waals surface area contributed by atoms with E-state index < -0.39 is 5.97 Å². The lowest BCUT2D eigenvalue weighted by Crippen LogP contribution is -2.37. The van der Waals surface area contributed by atoms with E-state index in [-0.39, 0.29) is 35.6 Å². The number of carbonyl (C=O) groups excluding carboxylic acids is 2. The number of benzene rings is 1. The van der Waals surface area contributed by atoms with Crippen molar-refractivity contribution >= 4 is 17.6 Å². The number of nitrogen functional groups attached to an aromatic ring is 1. The van der Waals surface area contributed by atoms with Crippen LogP contribution in [0.2, 0.25) is 0 Å². The van der Waals surface area contributed by atoms with E-state index in [0.29, 0.717) is 0 Å². The third-order valence-corrected chi connectivity index (χ3v) is 3.16. The summed E-state index contributed by atoms with van der Waals surface area (Å²) in [6, 6.07) is 4.92. The van der Waals surface area contributed by atoms with Crippen molar-refractivity contribution in [3.05, 3.63) is 23.8 Å². The second kappa shape index (κ2) is 8.14. The van der Waals surface area contributed by atoms with Crippen LogP contribution < -0.4 is 15.8 Å². The van der Waals surface area contributed by atoms with Gasteiger partial charge in [0.05, 0.1) is 7.11 Å². The molecule has 0 radical (unpaired) electrons. The molecule has 0 unspecified atom stereocenters. The van der Waals surface area contributed by atoms with Gasteiger partial charge in [0.15, 0.2) is 6.61 Å². The maximum absolute atomic E-state index is 11.8. The van der Waals surface area contributed by atoms with Crippen LogP contribution in [0.4, 0.5) is 5.69 Å². The van der Waals surface area contributed by atoms with Gasteiger partial charge in [-0.3, -0.25) is 4.79 Å². The molecule has 0 spiro atoms. The van der Waals surface area contributed by atoms with Crippen LogP contribution in [0, 0.1) is 0 Å². The van der Waals surface area contributed by atoms with Gasteiger partial charge in [0.2, 0.25) is 0 Å². The molecule has 0 aliphatic rings. The van der Waals surface area contributed by atoms with Crippen molar-refractivity contribution in [1.29, 1.82) is 0 Å². The molecule has 0 aliphatic heterocycles. The van der Waals surface area contributed by atoms with E-state index in [1.54, 1.807) is 18.2 Å². The van der Waals surface area contributed by atoms with Crippen LogP contribution in [-0.2, 0) is 9.53 Å². The molecule has 0 heterocycles. The molecule has 0 saturated carbocycles. The van der Waals surface area contributed by atoms with Crippen molar-refractivity contribution in [2.75, 3.05) is 19.5 Å². The molecule has 0 bridgehead atoms. The van der Waals surface area contributed by atoms with E-state index in [4.69, 9.17) is 10.5 Å². The topological polar surface area (TPSA) is 90.6 Å². The molecular weight excluding hydrogens is 272 g/mol. The molecule has 6 nitrogen and oxygen atoms in total. The quantitative estimate of drug-likeness (QED) is 0.590. The summed E-state index contributed by atoms with van der Waals surface area (Å²) in [5.41, 5.74) is 6.13. The van der Waals surface area contributed by atoms with E-state index in [1.807, 2.05) is 13.8 Å². The van der Waals surface area contributed by atoms with Crippen molar-refractivity contribution in [2.24, 2.45) is 0 Å². The minimum Gasteiger partial charge on any atom is -0.483 e. The Bertz CT molecular complexity index is 498. The number of amides is 1. The van der Waals surface area contributed by atoms with Crippen LogP contribution in [0.3, 0.4) is 0 Å². The fourth-order valence-corrected chi connectivity index (χ4v) is 1.89. The third kappa shape index (κ3) is 4.66. The maximum atomic E-state index is 11.8. The van der Waals surface area contributed by atoms with Gasteiger partial charge in [0.25, 0.3) is 5.91 Å². The predicted octanol–water partition coefficient (Wildman–Crippen LogP) is 1.74. The summed E-state index contributed by atoms with van der Waals surface area (Å²) >= 11 is 0. The van der Waals surface area contributed by atoms with Gasteiger partial charge in [0, 0.05) is 11.7 Å². The Morgan fingerprint density at radius 2 is 1.95 bits per heavy atom. The smallest absolute Gasteiger partial charge is 0.343 e. The number of ether oxygens (including phenoxy) is 2. The van der Waals surface area contributed by atoms with Crippen molar-refractivity contribution in [3.63, 3.8) is 0 Å². The number of rotatable bonds is 7. The summed E-state index contributed by atoms with van der Waals surface area (Å²) in [7, 11) is 1.26. The molecule has 0 aliphatic carbocycles. The number of nitrogens with two attached hydrogens (primary N) is 1. The van der Waals surface area contributed by atoms with Crippen LogP contribution in [0.15, 0.2) is 18.2 Å². The molecule has 0 fully saturated rings. The maximum Gasteiger partial charge on any atom is 0.343 e. The van der Waals surface area contributed by atoms with Gasteiger partial charge in [-0.1, -0.05) is 19.9 Å². The van der Waals surface area contributed by atoms with Gasteiger partial charge >= 0.3 is 5.97 Å². The second-order valence-electron chi connectivity index (χ2n) is 4.58. The van der Waals surface area contributed by atoms with E-state index in [9.17, 15) is 9.59 Å². The first-order valence-electron chi connectivity index (χ1n) is 6.92. The molecule has 6 heteroatoms. The molecule has 0 aromatic heterocycles. The van der Waals surface area contributed by atoms with Crippen molar-refractivity contribution in [3.8, 4) is 5.75 Å². The average Bonchev–Trinajstić information content (AvgIpc) is 2.49. The molecule has 1 rings (SSSR count). The Kier molecular flexibility index (Phi) is 6.52. The first-order chi connectivity index (χ1) is 10.0. The van der Waals surface area contributed by atoms with E-state index >= 15 is 0 Å². The van der Waals surface area contributed by atoms with Gasteiger partial charge in [-0.15, -0.1) is 0 Å². The highest BCUT2D eigenvalue weighted by Gasteiger charge is 2.18. The van der Waals surface area contributed by atoms with Crippen molar-refractivity contribution < 1.29 is 19.1 Å². The van der Waals surface area contributed by atoms with Gasteiger partial charge in [-0.05, 0) is 25.0 Å². The third-order valence-electron chi connectivity index (χ3n) is 3.16. The van der Waals surface area contributed by atoms with Crippen LogP contribution >= 0.6 is 0 Å². The summed E-state index contributed by atoms with van der Waals surface area (Å²) in [5, 5.41) is 2.85. The number of nitrogens with one attached hydrogen (secondary N) is 1. The molecule has 21 heavy (non-hydrogen) atoms. The Labute approximate surface area is 124 Å². The zero-order valence-electron chi connectivity index (χ0n) is 12.6. The number of esters is 1. The largest absolute Gasteiger partial charge is 0.483 e. The molecule has 1 aromatic carbocycles. The molecule has 1 aromatic rings. The predicted molar refractivity (Wildman–Crippen MR) is 80.2 cm³/mol. The molecule has 116 valence electrons. The van der Waals surface area contributed by atoms with Crippen LogP contribution in [0.25, 0.3) is 0 Å². The van der Waals surface area contributed by atoms with E-state index in [0.717, 1.165) is 12.8 Å². The summed E-state index contributed by atoms with van der Waals surface area (Å²) < 4.78 is 10.1. The normalized spacial score (nSPS) is 10.3. The molecule has 0 atom stereocenters. The lowest BCUT2D eigenvalue weighted by molar-refractivity contribution is -0.123. The molecular formula is C15H22N2O4. The first-order valence-corrected chi connectivity index (χ1v) is 6.92.